The van der Waals surface area contributed by atoms with Crippen LogP contribution >= 0.6 is 11.6 Å². The summed E-state index contributed by atoms with van der Waals surface area (Å²) in [5.41, 5.74) is 1.99. The SMILES string of the molecule is O=C(O[C@H](c1ccccc1)c1ccc(Cl)cc1)c1ccccc1-c1ccc(C(F)(F)F)cc1. The Morgan fingerprint density at radius 2 is 1.30 bits per heavy atom. The van der Waals surface area contributed by atoms with Crippen LogP contribution in [-0.2, 0) is 10.9 Å². The lowest BCUT2D eigenvalue weighted by Crippen LogP contribution is -2.14. The molecule has 4 aromatic carbocycles. The molecule has 4 rings (SSSR count). The number of ether oxygens (including phenoxy) is 1. The van der Waals surface area contributed by atoms with Crippen molar-refractivity contribution in [3.63, 3.8) is 0 Å². The number of hydrogen-bond donors (Lipinski definition) is 0. The molecule has 0 unspecified atom stereocenters. The summed E-state index contributed by atoms with van der Waals surface area (Å²) in [5, 5.41) is 0.560. The topological polar surface area (TPSA) is 26.3 Å². The van der Waals surface area contributed by atoms with Gasteiger partial charge in [-0.25, -0.2) is 4.79 Å². The van der Waals surface area contributed by atoms with Gasteiger partial charge in [-0.15, -0.1) is 0 Å². The maximum Gasteiger partial charge on any atom is 0.416 e. The Bertz CT molecular complexity index is 1240. The van der Waals surface area contributed by atoms with Crippen LogP contribution in [0, 0.1) is 0 Å². The van der Waals surface area contributed by atoms with Crippen LogP contribution in [0.4, 0.5) is 13.2 Å². The van der Waals surface area contributed by atoms with E-state index < -0.39 is 23.8 Å². The molecule has 33 heavy (non-hydrogen) atoms. The van der Waals surface area contributed by atoms with Crippen LogP contribution in [0.15, 0.2) is 103 Å². The Hall–Kier alpha value is -3.57. The first-order valence-electron chi connectivity index (χ1n) is 10.1. The van der Waals surface area contributed by atoms with Crippen LogP contribution < -0.4 is 0 Å². The van der Waals surface area contributed by atoms with Crippen LogP contribution in [0.25, 0.3) is 11.1 Å². The van der Waals surface area contributed by atoms with Gasteiger partial charge >= 0.3 is 12.1 Å². The molecule has 4 aromatic rings. The molecule has 6 heteroatoms. The van der Waals surface area contributed by atoms with Gasteiger partial charge in [0.2, 0.25) is 0 Å². The Morgan fingerprint density at radius 1 is 0.727 bits per heavy atom. The van der Waals surface area contributed by atoms with Gasteiger partial charge in [-0.3, -0.25) is 0 Å². The molecule has 0 amide bonds. The van der Waals surface area contributed by atoms with Gasteiger partial charge in [-0.1, -0.05) is 84.4 Å². The normalized spacial score (nSPS) is 12.2. The second-order valence-corrected chi connectivity index (χ2v) is 7.80. The fourth-order valence-electron chi connectivity index (χ4n) is 3.52. The molecule has 0 aromatic heterocycles. The maximum atomic E-state index is 13.3. The summed E-state index contributed by atoms with van der Waals surface area (Å²) < 4.78 is 44.7. The number of carbonyl (C=O) groups is 1. The molecule has 1 atom stereocenters. The fourth-order valence-corrected chi connectivity index (χ4v) is 3.64. The van der Waals surface area contributed by atoms with Gasteiger partial charge in [0.15, 0.2) is 6.10 Å². The van der Waals surface area contributed by atoms with Crippen molar-refractivity contribution in [2.24, 2.45) is 0 Å². The molecular formula is C27H18ClF3O2. The zero-order valence-electron chi connectivity index (χ0n) is 17.2. The van der Waals surface area contributed by atoms with E-state index in [4.69, 9.17) is 16.3 Å². The Morgan fingerprint density at radius 3 is 1.94 bits per heavy atom. The van der Waals surface area contributed by atoms with Crippen molar-refractivity contribution < 1.29 is 22.7 Å². The average Bonchev–Trinajstić information content (AvgIpc) is 2.83. The first kappa shape index (κ1) is 22.6. The Labute approximate surface area is 194 Å². The standard InChI is InChI=1S/C27H18ClF3O2/c28-22-16-12-20(13-17-22)25(19-6-2-1-3-7-19)33-26(32)24-9-5-4-8-23(24)18-10-14-21(15-11-18)27(29,30)31/h1-17,25H/t25-/m1/s1. The molecule has 0 aliphatic rings. The summed E-state index contributed by atoms with van der Waals surface area (Å²) in [6, 6.07) is 27.7. The number of esters is 1. The van der Waals surface area contributed by atoms with Gasteiger partial charge in [0, 0.05) is 5.02 Å². The molecule has 166 valence electrons. The largest absolute Gasteiger partial charge is 0.449 e. The average molecular weight is 467 g/mol. The summed E-state index contributed by atoms with van der Waals surface area (Å²) >= 11 is 6.01. The molecule has 0 saturated heterocycles. The van der Waals surface area contributed by atoms with Crippen molar-refractivity contribution in [1.82, 2.24) is 0 Å². The quantitative estimate of drug-likeness (QED) is 0.279. The lowest BCUT2D eigenvalue weighted by Gasteiger charge is -2.20. The highest BCUT2D eigenvalue weighted by molar-refractivity contribution is 6.30. The summed E-state index contributed by atoms with van der Waals surface area (Å²) in [6.45, 7) is 0. The highest BCUT2D eigenvalue weighted by Crippen LogP contribution is 2.33. The van der Waals surface area contributed by atoms with Crippen molar-refractivity contribution in [3.8, 4) is 11.1 Å². The van der Waals surface area contributed by atoms with Crippen LogP contribution in [0.2, 0.25) is 5.02 Å². The third-order valence-corrected chi connectivity index (χ3v) is 5.42. The summed E-state index contributed by atoms with van der Waals surface area (Å²) in [4.78, 5) is 13.3. The van der Waals surface area contributed by atoms with Gasteiger partial charge in [0.1, 0.15) is 0 Å². The van der Waals surface area contributed by atoms with Crippen molar-refractivity contribution in [1.29, 1.82) is 0 Å². The molecule has 0 aliphatic heterocycles. The van der Waals surface area contributed by atoms with Gasteiger partial charge < -0.3 is 4.74 Å². The van der Waals surface area contributed by atoms with Gasteiger partial charge in [-0.2, -0.15) is 13.2 Å². The van der Waals surface area contributed by atoms with Gasteiger partial charge in [-0.05, 0) is 52.6 Å². The molecule has 0 saturated carbocycles. The third kappa shape index (κ3) is 5.26. The summed E-state index contributed by atoms with van der Waals surface area (Å²) in [6.07, 6.45) is -5.12. The van der Waals surface area contributed by atoms with E-state index in [1.807, 2.05) is 30.3 Å². The van der Waals surface area contributed by atoms with E-state index in [2.05, 4.69) is 0 Å². The molecule has 0 N–H and O–H groups in total. The summed E-state index contributed by atoms with van der Waals surface area (Å²) in [7, 11) is 0. The number of carbonyl (C=O) groups excluding carboxylic acids is 1. The molecule has 0 spiro atoms. The second kappa shape index (κ2) is 9.51. The Kier molecular flexibility index (Phi) is 6.52. The molecular weight excluding hydrogens is 449 g/mol. The Balaban J connectivity index is 1.68. The minimum absolute atomic E-state index is 0.257. The molecule has 0 aliphatic carbocycles. The smallest absolute Gasteiger partial charge is 0.416 e. The van der Waals surface area contributed by atoms with Crippen LogP contribution in [-0.4, -0.2) is 5.97 Å². The van der Waals surface area contributed by atoms with Crippen molar-refractivity contribution >= 4 is 17.6 Å². The van der Waals surface area contributed by atoms with Crippen LogP contribution in [0.1, 0.15) is 33.2 Å². The summed E-state index contributed by atoms with van der Waals surface area (Å²) in [5.74, 6) is -0.589. The third-order valence-electron chi connectivity index (χ3n) is 5.17. The molecule has 0 bridgehead atoms. The van der Waals surface area contributed by atoms with Gasteiger partial charge in [0.25, 0.3) is 0 Å². The molecule has 0 heterocycles. The second-order valence-electron chi connectivity index (χ2n) is 7.37. The zero-order chi connectivity index (χ0) is 23.4. The highest BCUT2D eigenvalue weighted by Gasteiger charge is 2.30. The molecule has 2 nitrogen and oxygen atoms in total. The predicted octanol–water partition coefficient (Wildman–Crippen LogP) is 7.97. The van der Waals surface area contributed by atoms with Crippen molar-refractivity contribution in [2.45, 2.75) is 12.3 Å². The van der Waals surface area contributed by atoms with Crippen LogP contribution in [0.3, 0.4) is 0 Å². The van der Waals surface area contributed by atoms with Crippen molar-refractivity contribution in [3.05, 3.63) is 130 Å². The van der Waals surface area contributed by atoms with E-state index in [9.17, 15) is 18.0 Å². The van der Waals surface area contributed by atoms with E-state index in [1.165, 1.54) is 12.1 Å². The number of alkyl halides is 3. The van der Waals surface area contributed by atoms with Crippen molar-refractivity contribution in [2.75, 3.05) is 0 Å². The predicted molar refractivity (Wildman–Crippen MR) is 122 cm³/mol. The van der Waals surface area contributed by atoms with E-state index in [0.717, 1.165) is 23.3 Å². The molecule has 0 radical (unpaired) electrons. The van der Waals surface area contributed by atoms with E-state index in [1.54, 1.807) is 48.5 Å². The van der Waals surface area contributed by atoms with E-state index in [0.29, 0.717) is 16.1 Å². The minimum atomic E-state index is -4.43. The van der Waals surface area contributed by atoms with Gasteiger partial charge in [0.05, 0.1) is 11.1 Å². The van der Waals surface area contributed by atoms with E-state index in [-0.39, 0.29) is 5.56 Å². The number of rotatable bonds is 5. The van der Waals surface area contributed by atoms with E-state index >= 15 is 0 Å². The first-order valence-corrected chi connectivity index (χ1v) is 10.5. The monoisotopic (exact) mass is 466 g/mol. The number of benzene rings is 4. The minimum Gasteiger partial charge on any atom is -0.449 e. The number of hydrogen-bond acceptors (Lipinski definition) is 2. The maximum absolute atomic E-state index is 13.3. The molecule has 0 fully saturated rings. The first-order chi connectivity index (χ1) is 15.8. The lowest BCUT2D eigenvalue weighted by molar-refractivity contribution is -0.137. The number of halogens is 4. The van der Waals surface area contributed by atoms with Crippen LogP contribution in [0.5, 0.6) is 0 Å². The zero-order valence-corrected chi connectivity index (χ0v) is 18.0. The lowest BCUT2D eigenvalue weighted by atomic mass is 9.98. The highest BCUT2D eigenvalue weighted by atomic mass is 35.5. The fraction of sp³-hybridized carbons (Fsp3) is 0.0741.